The van der Waals surface area contributed by atoms with Gasteiger partial charge in [0, 0.05) is 11.1 Å². The summed E-state index contributed by atoms with van der Waals surface area (Å²) >= 11 is 9.65. The summed E-state index contributed by atoms with van der Waals surface area (Å²) in [5, 5.41) is 4.28. The van der Waals surface area contributed by atoms with E-state index in [9.17, 15) is 0 Å². The third-order valence-corrected chi connectivity index (χ3v) is 4.73. The highest BCUT2D eigenvalue weighted by atomic mass is 79.9. The van der Waals surface area contributed by atoms with Crippen molar-refractivity contribution in [3.8, 4) is 5.75 Å². The summed E-state index contributed by atoms with van der Waals surface area (Å²) in [6, 6.07) is 12.8. The van der Waals surface area contributed by atoms with Crippen LogP contribution in [0.5, 0.6) is 5.75 Å². The Morgan fingerprint density at radius 1 is 1.24 bits per heavy atom. The minimum atomic E-state index is 0.402. The molecular weight excluding hydrogens is 350 g/mol. The molecule has 0 bridgehead atoms. The number of benzene rings is 2. The van der Waals surface area contributed by atoms with Gasteiger partial charge >= 0.3 is 0 Å². The van der Waals surface area contributed by atoms with Gasteiger partial charge in [0.05, 0.1) is 17.3 Å². The summed E-state index contributed by atoms with van der Waals surface area (Å²) in [5.74, 6) is 0.804. The van der Waals surface area contributed by atoms with Crippen LogP contribution in [0, 0.1) is 0 Å². The van der Waals surface area contributed by atoms with Crippen LogP contribution in [0.15, 0.2) is 40.9 Å². The molecule has 0 saturated carbocycles. The number of methoxy groups -OCH3 is 1. The van der Waals surface area contributed by atoms with E-state index in [4.69, 9.17) is 16.3 Å². The number of hydrogen-bond acceptors (Lipinski definition) is 2. The molecule has 4 heteroatoms. The van der Waals surface area contributed by atoms with Gasteiger partial charge in [0.2, 0.25) is 0 Å². The molecule has 0 fully saturated rings. The Morgan fingerprint density at radius 3 is 2.76 bits per heavy atom. The zero-order valence-corrected chi connectivity index (χ0v) is 14.2. The highest BCUT2D eigenvalue weighted by Gasteiger charge is 2.20. The molecule has 1 N–H and O–H groups in total. The summed E-state index contributed by atoms with van der Waals surface area (Å²) in [6.07, 6.45) is 3.26. The van der Waals surface area contributed by atoms with E-state index in [1.54, 1.807) is 7.11 Å². The number of halogens is 2. The molecule has 2 nitrogen and oxygen atoms in total. The van der Waals surface area contributed by atoms with Crippen molar-refractivity contribution in [3.63, 3.8) is 0 Å². The van der Waals surface area contributed by atoms with Crippen LogP contribution in [0.2, 0.25) is 5.02 Å². The monoisotopic (exact) mass is 365 g/mol. The minimum absolute atomic E-state index is 0.402. The Labute approximate surface area is 138 Å². The van der Waals surface area contributed by atoms with Gasteiger partial charge in [-0.2, -0.15) is 0 Å². The lowest BCUT2D eigenvalue weighted by atomic mass is 9.88. The molecule has 2 aromatic carbocycles. The fourth-order valence-corrected chi connectivity index (χ4v) is 3.89. The number of ether oxygens (including phenoxy) is 1. The molecule has 1 atom stereocenters. The molecule has 0 radical (unpaired) electrons. The second-order valence-corrected chi connectivity index (χ2v) is 6.61. The standard InChI is InChI=1S/C17H17BrClNO/c1-21-17-15(18)9-13(19)10-16(17)20-14-7-6-11-4-2-3-5-12(11)8-14/h2-5,9-10,14,20H,6-8H2,1H3. The van der Waals surface area contributed by atoms with Crippen LogP contribution in [-0.2, 0) is 12.8 Å². The van der Waals surface area contributed by atoms with Crippen molar-refractivity contribution in [2.45, 2.75) is 25.3 Å². The minimum Gasteiger partial charge on any atom is -0.493 e. The van der Waals surface area contributed by atoms with E-state index < -0.39 is 0 Å². The molecule has 21 heavy (non-hydrogen) atoms. The van der Waals surface area contributed by atoms with Crippen molar-refractivity contribution in [1.82, 2.24) is 0 Å². The summed E-state index contributed by atoms with van der Waals surface area (Å²) in [6.45, 7) is 0. The molecule has 0 amide bonds. The lowest BCUT2D eigenvalue weighted by molar-refractivity contribution is 0.413. The summed E-state index contributed by atoms with van der Waals surface area (Å²) in [4.78, 5) is 0. The molecule has 1 aliphatic rings. The van der Waals surface area contributed by atoms with E-state index in [-0.39, 0.29) is 0 Å². The SMILES string of the molecule is COc1c(Br)cc(Cl)cc1NC1CCc2ccccc2C1. The van der Waals surface area contributed by atoms with E-state index in [1.165, 1.54) is 11.1 Å². The van der Waals surface area contributed by atoms with Gasteiger partial charge in [-0.3, -0.25) is 0 Å². The van der Waals surface area contributed by atoms with Crippen molar-refractivity contribution in [2.24, 2.45) is 0 Å². The van der Waals surface area contributed by atoms with Gasteiger partial charge in [0.15, 0.2) is 5.75 Å². The summed E-state index contributed by atoms with van der Waals surface area (Å²) < 4.78 is 6.35. The first-order valence-corrected chi connectivity index (χ1v) is 8.21. The maximum absolute atomic E-state index is 6.15. The van der Waals surface area contributed by atoms with Crippen LogP contribution in [-0.4, -0.2) is 13.2 Å². The third-order valence-electron chi connectivity index (χ3n) is 3.92. The van der Waals surface area contributed by atoms with Gasteiger partial charge in [-0.15, -0.1) is 0 Å². The largest absolute Gasteiger partial charge is 0.493 e. The first-order valence-electron chi connectivity index (χ1n) is 7.03. The molecule has 2 aromatic rings. The molecule has 0 saturated heterocycles. The fraction of sp³-hybridized carbons (Fsp3) is 0.294. The lowest BCUT2D eigenvalue weighted by Gasteiger charge is -2.27. The summed E-state index contributed by atoms with van der Waals surface area (Å²) in [7, 11) is 1.68. The van der Waals surface area contributed by atoms with Crippen molar-refractivity contribution in [2.75, 3.05) is 12.4 Å². The highest BCUT2D eigenvalue weighted by Crippen LogP contribution is 2.37. The van der Waals surface area contributed by atoms with Crippen LogP contribution in [0.1, 0.15) is 17.5 Å². The number of aryl methyl sites for hydroxylation is 1. The Morgan fingerprint density at radius 2 is 2.00 bits per heavy atom. The van der Waals surface area contributed by atoms with Gasteiger partial charge < -0.3 is 10.1 Å². The van der Waals surface area contributed by atoms with E-state index >= 15 is 0 Å². The second kappa shape index (κ2) is 6.29. The maximum atomic E-state index is 6.15. The van der Waals surface area contributed by atoms with Crippen LogP contribution in [0.25, 0.3) is 0 Å². The lowest BCUT2D eigenvalue weighted by Crippen LogP contribution is -2.27. The Bertz CT molecular complexity index is 659. The molecule has 0 aromatic heterocycles. The van der Waals surface area contributed by atoms with E-state index in [2.05, 4.69) is 45.5 Å². The van der Waals surface area contributed by atoms with E-state index in [0.29, 0.717) is 11.1 Å². The zero-order valence-electron chi connectivity index (χ0n) is 11.8. The number of anilines is 1. The first kappa shape index (κ1) is 14.7. The fourth-order valence-electron chi connectivity index (χ4n) is 2.92. The third kappa shape index (κ3) is 3.19. The molecule has 1 unspecified atom stereocenters. The van der Waals surface area contributed by atoms with Crippen LogP contribution >= 0.6 is 27.5 Å². The number of hydrogen-bond donors (Lipinski definition) is 1. The molecule has 1 aliphatic carbocycles. The van der Waals surface area contributed by atoms with Gasteiger partial charge in [0.1, 0.15) is 0 Å². The number of rotatable bonds is 3. The van der Waals surface area contributed by atoms with Gasteiger partial charge in [-0.1, -0.05) is 35.9 Å². The van der Waals surface area contributed by atoms with Gasteiger partial charge in [-0.05, 0) is 58.5 Å². The van der Waals surface area contributed by atoms with Crippen molar-refractivity contribution >= 4 is 33.2 Å². The van der Waals surface area contributed by atoms with Crippen molar-refractivity contribution < 1.29 is 4.74 Å². The quantitative estimate of drug-likeness (QED) is 0.818. The molecule has 110 valence electrons. The molecule has 3 rings (SSSR count). The highest BCUT2D eigenvalue weighted by molar-refractivity contribution is 9.10. The topological polar surface area (TPSA) is 21.3 Å². The molecular formula is C17H17BrClNO. The molecule has 0 heterocycles. The van der Waals surface area contributed by atoms with Crippen LogP contribution in [0.3, 0.4) is 0 Å². The van der Waals surface area contributed by atoms with Crippen molar-refractivity contribution in [1.29, 1.82) is 0 Å². The zero-order chi connectivity index (χ0) is 14.8. The maximum Gasteiger partial charge on any atom is 0.156 e. The summed E-state index contributed by atoms with van der Waals surface area (Å²) in [5.41, 5.74) is 3.84. The Hall–Kier alpha value is -1.19. The van der Waals surface area contributed by atoms with Gasteiger partial charge in [-0.25, -0.2) is 0 Å². The average molecular weight is 367 g/mol. The second-order valence-electron chi connectivity index (χ2n) is 5.32. The molecule has 0 spiro atoms. The predicted octanol–water partition coefficient (Wildman–Crippen LogP) is 5.08. The van der Waals surface area contributed by atoms with Crippen molar-refractivity contribution in [3.05, 3.63) is 57.0 Å². The van der Waals surface area contributed by atoms with Gasteiger partial charge in [0.25, 0.3) is 0 Å². The van der Waals surface area contributed by atoms with E-state index in [0.717, 1.165) is 35.2 Å². The smallest absolute Gasteiger partial charge is 0.156 e. The number of fused-ring (bicyclic) bond motifs is 1. The van der Waals surface area contributed by atoms with Crippen LogP contribution < -0.4 is 10.1 Å². The number of nitrogens with one attached hydrogen (secondary N) is 1. The Balaban J connectivity index is 1.82. The predicted molar refractivity (Wildman–Crippen MR) is 91.6 cm³/mol. The molecule has 0 aliphatic heterocycles. The average Bonchev–Trinajstić information content (AvgIpc) is 2.47. The first-order chi connectivity index (χ1) is 10.2. The van der Waals surface area contributed by atoms with Crippen LogP contribution in [0.4, 0.5) is 5.69 Å². The normalized spacial score (nSPS) is 17.2. The Kier molecular flexibility index (Phi) is 4.41. The van der Waals surface area contributed by atoms with E-state index in [1.807, 2.05) is 12.1 Å².